The molecule has 2 aliphatic rings. The van der Waals surface area contributed by atoms with Crippen molar-refractivity contribution in [1.29, 1.82) is 0 Å². The molecule has 4 heteroatoms. The topological polar surface area (TPSA) is 52.6 Å². The molecule has 0 aromatic heterocycles. The first kappa shape index (κ1) is 11.2. The van der Waals surface area contributed by atoms with Gasteiger partial charge < -0.3 is 9.47 Å². The van der Waals surface area contributed by atoms with Crippen LogP contribution in [0.4, 0.5) is 0 Å². The molecule has 1 saturated carbocycles. The maximum Gasteiger partial charge on any atom is 0.333 e. The van der Waals surface area contributed by atoms with Crippen LogP contribution in [0.5, 0.6) is 0 Å². The molecular weight excluding hydrogens is 208 g/mol. The van der Waals surface area contributed by atoms with Crippen LogP contribution in [-0.2, 0) is 19.1 Å². The lowest BCUT2D eigenvalue weighted by molar-refractivity contribution is -0.146. The van der Waals surface area contributed by atoms with E-state index >= 15 is 0 Å². The van der Waals surface area contributed by atoms with Crippen LogP contribution < -0.4 is 0 Å². The molecule has 1 heterocycles. The van der Waals surface area contributed by atoms with Crippen molar-refractivity contribution in [2.45, 2.75) is 32.3 Å². The van der Waals surface area contributed by atoms with Crippen LogP contribution in [0.15, 0.2) is 12.2 Å². The monoisotopic (exact) mass is 224 g/mol. The Kier molecular flexibility index (Phi) is 2.99. The molecule has 0 N–H and O–H groups in total. The number of rotatable bonds is 3. The van der Waals surface area contributed by atoms with Crippen LogP contribution in [0.1, 0.15) is 26.2 Å². The molecule has 0 aromatic carbocycles. The van der Waals surface area contributed by atoms with Gasteiger partial charge in [0.15, 0.2) is 0 Å². The van der Waals surface area contributed by atoms with Crippen LogP contribution in [0.3, 0.4) is 0 Å². The van der Waals surface area contributed by atoms with Crippen molar-refractivity contribution in [3.05, 3.63) is 12.2 Å². The van der Waals surface area contributed by atoms with Crippen LogP contribution in [0.2, 0.25) is 0 Å². The van der Waals surface area contributed by atoms with Crippen molar-refractivity contribution in [2.75, 3.05) is 6.61 Å². The zero-order chi connectivity index (χ0) is 11.7. The van der Waals surface area contributed by atoms with Gasteiger partial charge in [0.1, 0.15) is 6.10 Å². The molecule has 1 saturated heterocycles. The van der Waals surface area contributed by atoms with Crippen molar-refractivity contribution in [3.8, 4) is 0 Å². The van der Waals surface area contributed by atoms with Crippen LogP contribution in [-0.4, -0.2) is 24.6 Å². The smallest absolute Gasteiger partial charge is 0.333 e. The third-order valence-electron chi connectivity index (χ3n) is 3.31. The zero-order valence-corrected chi connectivity index (χ0v) is 9.40. The Bertz CT molecular complexity index is 334. The number of carbonyl (C=O) groups excluding carboxylic acids is 2. The normalized spacial score (nSPS) is 32.1. The Morgan fingerprint density at radius 2 is 2.31 bits per heavy atom. The second-order valence-electron chi connectivity index (χ2n) is 4.62. The van der Waals surface area contributed by atoms with E-state index in [0.29, 0.717) is 12.2 Å². The minimum atomic E-state index is -0.369. The van der Waals surface area contributed by atoms with Gasteiger partial charge in [0.25, 0.3) is 0 Å². The molecule has 0 amide bonds. The highest BCUT2D eigenvalue weighted by Gasteiger charge is 2.43. The summed E-state index contributed by atoms with van der Waals surface area (Å²) in [4.78, 5) is 22.5. The summed E-state index contributed by atoms with van der Waals surface area (Å²) >= 11 is 0. The lowest BCUT2D eigenvalue weighted by atomic mass is 9.83. The molecule has 2 fully saturated rings. The maximum absolute atomic E-state index is 11.3. The van der Waals surface area contributed by atoms with Crippen molar-refractivity contribution in [2.24, 2.45) is 11.8 Å². The highest BCUT2D eigenvalue weighted by molar-refractivity contribution is 5.86. The minimum absolute atomic E-state index is 0.0517. The van der Waals surface area contributed by atoms with Crippen LogP contribution in [0.25, 0.3) is 0 Å². The van der Waals surface area contributed by atoms with Gasteiger partial charge >= 0.3 is 11.9 Å². The Labute approximate surface area is 94.6 Å². The molecule has 3 atom stereocenters. The molecule has 0 spiro atoms. The highest BCUT2D eigenvalue weighted by atomic mass is 16.6. The molecule has 0 radical (unpaired) electrons. The fraction of sp³-hybridized carbons (Fsp3) is 0.667. The lowest BCUT2D eigenvalue weighted by Gasteiger charge is -2.25. The SMILES string of the molecule is C=C(C)C(=O)OCC1CCC2CC1OC2=O. The summed E-state index contributed by atoms with van der Waals surface area (Å²) in [5.74, 6) is -0.214. The number of fused-ring (bicyclic) bond motifs is 2. The van der Waals surface area contributed by atoms with Gasteiger partial charge in [-0.2, -0.15) is 0 Å². The van der Waals surface area contributed by atoms with Gasteiger partial charge in [-0.1, -0.05) is 6.58 Å². The average Bonchev–Trinajstić information content (AvgIpc) is 2.54. The molecule has 16 heavy (non-hydrogen) atoms. The molecule has 3 unspecified atom stereocenters. The second-order valence-corrected chi connectivity index (χ2v) is 4.62. The van der Waals surface area contributed by atoms with Crippen molar-refractivity contribution < 1.29 is 19.1 Å². The predicted octanol–water partition coefficient (Wildman–Crippen LogP) is 1.45. The van der Waals surface area contributed by atoms with Crippen molar-refractivity contribution in [1.82, 2.24) is 0 Å². The highest BCUT2D eigenvalue weighted by Crippen LogP contribution is 2.38. The van der Waals surface area contributed by atoms with E-state index in [4.69, 9.17) is 9.47 Å². The fourth-order valence-electron chi connectivity index (χ4n) is 2.29. The summed E-state index contributed by atoms with van der Waals surface area (Å²) in [5, 5.41) is 0. The van der Waals surface area contributed by atoms with Crippen LogP contribution >= 0.6 is 0 Å². The Hall–Kier alpha value is -1.32. The Morgan fingerprint density at radius 3 is 3.00 bits per heavy atom. The first-order chi connectivity index (χ1) is 7.58. The number of esters is 2. The summed E-state index contributed by atoms with van der Waals surface area (Å²) in [7, 11) is 0. The number of ether oxygens (including phenoxy) is 2. The third-order valence-corrected chi connectivity index (χ3v) is 3.31. The summed E-state index contributed by atoms with van der Waals surface area (Å²) in [6, 6.07) is 0. The largest absolute Gasteiger partial charge is 0.462 e. The summed E-state index contributed by atoms with van der Waals surface area (Å²) < 4.78 is 10.3. The van der Waals surface area contributed by atoms with E-state index in [1.165, 1.54) is 0 Å². The van der Waals surface area contributed by atoms with Crippen molar-refractivity contribution >= 4 is 11.9 Å². The van der Waals surface area contributed by atoms with E-state index in [1.807, 2.05) is 0 Å². The number of hydrogen-bond donors (Lipinski definition) is 0. The van der Waals surface area contributed by atoms with Crippen LogP contribution in [0, 0.1) is 11.8 Å². The third kappa shape index (κ3) is 2.10. The molecule has 1 aliphatic heterocycles. The van der Waals surface area contributed by atoms with E-state index in [-0.39, 0.29) is 29.9 Å². The van der Waals surface area contributed by atoms with Gasteiger partial charge in [-0.15, -0.1) is 0 Å². The summed E-state index contributed by atoms with van der Waals surface area (Å²) in [5.41, 5.74) is 0.400. The van der Waals surface area contributed by atoms with Gasteiger partial charge in [0.2, 0.25) is 0 Å². The molecule has 2 bridgehead atoms. The van der Waals surface area contributed by atoms with Gasteiger partial charge in [-0.05, 0) is 26.2 Å². The predicted molar refractivity (Wildman–Crippen MR) is 56.5 cm³/mol. The lowest BCUT2D eigenvalue weighted by Crippen LogP contribution is -2.28. The molecule has 88 valence electrons. The van der Waals surface area contributed by atoms with E-state index in [0.717, 1.165) is 19.3 Å². The molecule has 1 aliphatic carbocycles. The number of hydrogen-bond acceptors (Lipinski definition) is 4. The van der Waals surface area contributed by atoms with E-state index in [1.54, 1.807) is 6.92 Å². The Morgan fingerprint density at radius 1 is 1.56 bits per heavy atom. The zero-order valence-electron chi connectivity index (χ0n) is 9.40. The first-order valence-corrected chi connectivity index (χ1v) is 5.61. The first-order valence-electron chi connectivity index (χ1n) is 5.61. The van der Waals surface area contributed by atoms with Crippen molar-refractivity contribution in [3.63, 3.8) is 0 Å². The molecule has 2 rings (SSSR count). The van der Waals surface area contributed by atoms with Gasteiger partial charge in [0.05, 0.1) is 12.5 Å². The summed E-state index contributed by atoms with van der Waals surface area (Å²) in [6.07, 6.45) is 2.48. The fourth-order valence-corrected chi connectivity index (χ4v) is 2.29. The molecule has 4 nitrogen and oxygen atoms in total. The minimum Gasteiger partial charge on any atom is -0.462 e. The maximum atomic E-state index is 11.3. The Balaban J connectivity index is 1.85. The van der Waals surface area contributed by atoms with E-state index in [9.17, 15) is 9.59 Å². The number of carbonyl (C=O) groups is 2. The standard InChI is InChI=1S/C12H16O4/c1-7(2)11(13)15-6-9-4-3-8-5-10(9)16-12(8)14/h8-10H,1,3-6H2,2H3. The van der Waals surface area contributed by atoms with Gasteiger partial charge in [0, 0.05) is 11.5 Å². The quantitative estimate of drug-likeness (QED) is 0.537. The molecular formula is C12H16O4. The average molecular weight is 224 g/mol. The van der Waals surface area contributed by atoms with E-state index in [2.05, 4.69) is 6.58 Å². The summed E-state index contributed by atoms with van der Waals surface area (Å²) in [6.45, 7) is 5.47. The van der Waals surface area contributed by atoms with Gasteiger partial charge in [-0.25, -0.2) is 4.79 Å². The van der Waals surface area contributed by atoms with E-state index < -0.39 is 0 Å². The second kappa shape index (κ2) is 4.28. The van der Waals surface area contributed by atoms with Gasteiger partial charge in [-0.3, -0.25) is 4.79 Å². The molecule has 0 aromatic rings.